The van der Waals surface area contributed by atoms with Gasteiger partial charge in [-0.1, -0.05) is 43.8 Å². The average Bonchev–Trinajstić information content (AvgIpc) is 2.57. The Morgan fingerprint density at radius 2 is 1.89 bits per heavy atom. The molecular formula is C20H22N4O2S. The third-order valence-corrected chi connectivity index (χ3v) is 5.84. The topological polar surface area (TPSA) is 106 Å². The summed E-state index contributed by atoms with van der Waals surface area (Å²) in [5, 5.41) is 24.2. The molecule has 1 aromatic rings. The largest absolute Gasteiger partial charge is 0.325 e. The molecule has 1 aliphatic rings. The molecule has 0 spiro atoms. The normalized spacial score (nSPS) is 19.5. The molecule has 0 aliphatic carbocycles. The van der Waals surface area contributed by atoms with Crippen LogP contribution in [0, 0.1) is 47.8 Å². The predicted octanol–water partition coefficient (Wildman–Crippen LogP) is 3.39. The van der Waals surface area contributed by atoms with Crippen molar-refractivity contribution in [1.82, 2.24) is 5.32 Å². The smallest absolute Gasteiger partial charge is 0.243 e. The van der Waals surface area contributed by atoms with Crippen molar-refractivity contribution in [3.63, 3.8) is 0 Å². The maximum Gasteiger partial charge on any atom is 0.243 e. The van der Waals surface area contributed by atoms with Crippen LogP contribution in [0.25, 0.3) is 0 Å². The van der Waals surface area contributed by atoms with E-state index in [0.29, 0.717) is 10.6 Å². The number of para-hydroxylation sites is 1. The monoisotopic (exact) mass is 382 g/mol. The van der Waals surface area contributed by atoms with Gasteiger partial charge in [0, 0.05) is 11.1 Å². The quantitative estimate of drug-likeness (QED) is 0.830. The summed E-state index contributed by atoms with van der Waals surface area (Å²) in [7, 11) is 0. The second-order valence-corrected chi connectivity index (χ2v) is 8.46. The number of nitrogens with one attached hydrogen (secondary N) is 2. The highest BCUT2D eigenvalue weighted by Gasteiger charge is 2.45. The third kappa shape index (κ3) is 3.99. The lowest BCUT2D eigenvalue weighted by Crippen LogP contribution is -2.45. The molecule has 1 heterocycles. The number of hydrogen-bond acceptors (Lipinski definition) is 5. The second kappa shape index (κ2) is 7.85. The molecule has 2 atom stereocenters. The highest BCUT2D eigenvalue weighted by Crippen LogP contribution is 2.42. The number of nitrogens with zero attached hydrogens (tertiary/aromatic N) is 2. The van der Waals surface area contributed by atoms with E-state index in [0.717, 1.165) is 28.6 Å². The molecular weight excluding hydrogens is 360 g/mol. The van der Waals surface area contributed by atoms with Crippen LogP contribution >= 0.6 is 11.8 Å². The molecule has 0 unspecified atom stereocenters. The number of amides is 2. The van der Waals surface area contributed by atoms with Gasteiger partial charge in [-0.15, -0.1) is 0 Å². The minimum absolute atomic E-state index is 0.225. The lowest BCUT2D eigenvalue weighted by molar-refractivity contribution is -0.125. The van der Waals surface area contributed by atoms with Crippen molar-refractivity contribution in [1.29, 1.82) is 10.5 Å². The molecule has 0 fully saturated rings. The molecule has 27 heavy (non-hydrogen) atoms. The van der Waals surface area contributed by atoms with Gasteiger partial charge < -0.3 is 10.6 Å². The first-order valence-electron chi connectivity index (χ1n) is 8.52. The summed E-state index contributed by atoms with van der Waals surface area (Å²) >= 11 is 1.11. The predicted molar refractivity (Wildman–Crippen MR) is 105 cm³/mol. The molecule has 140 valence electrons. The minimum atomic E-state index is -0.949. The maximum absolute atomic E-state index is 12.6. The van der Waals surface area contributed by atoms with Crippen LogP contribution < -0.4 is 10.6 Å². The van der Waals surface area contributed by atoms with Gasteiger partial charge >= 0.3 is 0 Å². The highest BCUT2D eigenvalue weighted by atomic mass is 32.2. The van der Waals surface area contributed by atoms with Crippen LogP contribution in [0.1, 0.15) is 31.9 Å². The summed E-state index contributed by atoms with van der Waals surface area (Å²) in [5.74, 6) is -1.63. The van der Waals surface area contributed by atoms with Crippen LogP contribution in [0.4, 0.5) is 5.69 Å². The fraction of sp³-hybridized carbons (Fsp3) is 0.400. The first kappa shape index (κ1) is 20.5. The number of benzene rings is 1. The van der Waals surface area contributed by atoms with E-state index in [-0.39, 0.29) is 5.91 Å². The Hall–Kier alpha value is -2.77. The van der Waals surface area contributed by atoms with Gasteiger partial charge in [0.15, 0.2) is 0 Å². The van der Waals surface area contributed by atoms with E-state index in [9.17, 15) is 20.1 Å². The maximum atomic E-state index is 12.6. The SMILES string of the molecule is Cc1cccc(C)c1NC(=O)[C@@H](C)SC1=C(C#N)C(C)(C)[C@@H](C#N)C(=O)N1. The Bertz CT molecular complexity index is 885. The molecule has 0 saturated carbocycles. The number of thioether (sulfide) groups is 1. The fourth-order valence-corrected chi connectivity index (χ4v) is 4.09. The van der Waals surface area contributed by atoms with Crippen LogP contribution in [-0.4, -0.2) is 17.1 Å². The summed E-state index contributed by atoms with van der Waals surface area (Å²) < 4.78 is 0. The molecule has 7 heteroatoms. The Labute approximate surface area is 163 Å². The van der Waals surface area contributed by atoms with Gasteiger partial charge in [0.05, 0.1) is 28.0 Å². The van der Waals surface area contributed by atoms with Crippen molar-refractivity contribution in [2.75, 3.05) is 5.32 Å². The number of anilines is 1. The molecule has 0 radical (unpaired) electrons. The van der Waals surface area contributed by atoms with Crippen molar-refractivity contribution in [2.45, 2.75) is 39.9 Å². The van der Waals surface area contributed by atoms with Crippen LogP contribution in [0.5, 0.6) is 0 Å². The number of hydrogen-bond donors (Lipinski definition) is 2. The van der Waals surface area contributed by atoms with E-state index >= 15 is 0 Å². The third-order valence-electron chi connectivity index (χ3n) is 4.73. The van der Waals surface area contributed by atoms with Crippen LogP contribution in [0.3, 0.4) is 0 Å². The van der Waals surface area contributed by atoms with Crippen molar-refractivity contribution in [3.8, 4) is 12.1 Å². The zero-order valence-electron chi connectivity index (χ0n) is 16.0. The number of carbonyl (C=O) groups is 2. The van der Waals surface area contributed by atoms with E-state index < -0.39 is 22.5 Å². The van der Waals surface area contributed by atoms with Crippen LogP contribution in [0.2, 0.25) is 0 Å². The van der Waals surface area contributed by atoms with Gasteiger partial charge in [-0.05, 0) is 31.9 Å². The minimum Gasteiger partial charge on any atom is -0.325 e. The summed E-state index contributed by atoms with van der Waals surface area (Å²) in [6.07, 6.45) is 0. The Kier molecular flexibility index (Phi) is 5.98. The van der Waals surface area contributed by atoms with Gasteiger partial charge in [-0.3, -0.25) is 9.59 Å². The highest BCUT2D eigenvalue weighted by molar-refractivity contribution is 8.04. The molecule has 1 aromatic carbocycles. The summed E-state index contributed by atoms with van der Waals surface area (Å²) in [4.78, 5) is 24.9. The van der Waals surface area contributed by atoms with E-state index in [1.54, 1.807) is 20.8 Å². The molecule has 2 amide bonds. The number of allylic oxidation sites excluding steroid dienone is 1. The molecule has 0 aromatic heterocycles. The van der Waals surface area contributed by atoms with Gasteiger partial charge in [-0.25, -0.2) is 0 Å². The number of rotatable bonds is 4. The fourth-order valence-electron chi connectivity index (χ4n) is 2.98. The summed E-state index contributed by atoms with van der Waals surface area (Å²) in [6.45, 7) is 8.94. The van der Waals surface area contributed by atoms with Crippen molar-refractivity contribution >= 4 is 29.3 Å². The van der Waals surface area contributed by atoms with E-state index in [4.69, 9.17) is 0 Å². The molecule has 1 aliphatic heterocycles. The van der Waals surface area contributed by atoms with Crippen molar-refractivity contribution in [3.05, 3.63) is 39.9 Å². The zero-order valence-corrected chi connectivity index (χ0v) is 16.8. The zero-order chi connectivity index (χ0) is 20.4. The molecule has 0 saturated heterocycles. The van der Waals surface area contributed by atoms with E-state index in [2.05, 4.69) is 16.7 Å². The van der Waals surface area contributed by atoms with Crippen molar-refractivity contribution < 1.29 is 9.59 Å². The lowest BCUT2D eigenvalue weighted by atomic mass is 9.72. The summed E-state index contributed by atoms with van der Waals surface area (Å²) in [6, 6.07) is 9.83. The molecule has 0 bridgehead atoms. The molecule has 6 nitrogen and oxygen atoms in total. The average molecular weight is 382 g/mol. The van der Waals surface area contributed by atoms with E-state index in [1.165, 1.54) is 0 Å². The number of aryl methyl sites for hydroxylation is 2. The first-order chi connectivity index (χ1) is 12.6. The first-order valence-corrected chi connectivity index (χ1v) is 9.40. The number of carbonyl (C=O) groups excluding carboxylic acids is 2. The number of nitriles is 2. The Morgan fingerprint density at radius 3 is 2.41 bits per heavy atom. The Morgan fingerprint density at radius 1 is 1.30 bits per heavy atom. The van der Waals surface area contributed by atoms with Crippen LogP contribution in [0.15, 0.2) is 28.8 Å². The van der Waals surface area contributed by atoms with Crippen molar-refractivity contribution in [2.24, 2.45) is 11.3 Å². The standard InChI is InChI=1S/C20H22N4O2S/c1-11-7-6-8-12(2)16(11)23-17(25)13(3)27-19-15(10-22)20(4,5)14(9-21)18(26)24-19/h6-8,13-14H,1-5H3,(H,23,25)(H,24,26)/t13-,14+/m1/s1. The van der Waals surface area contributed by atoms with Gasteiger partial charge in [-0.2, -0.15) is 10.5 Å². The molecule has 2 N–H and O–H groups in total. The molecule has 2 rings (SSSR count). The van der Waals surface area contributed by atoms with Gasteiger partial charge in [0.25, 0.3) is 0 Å². The van der Waals surface area contributed by atoms with Gasteiger partial charge in [0.2, 0.25) is 11.8 Å². The summed E-state index contributed by atoms with van der Waals surface area (Å²) in [5.41, 5.74) is 2.08. The van der Waals surface area contributed by atoms with Crippen LogP contribution in [-0.2, 0) is 9.59 Å². The van der Waals surface area contributed by atoms with E-state index in [1.807, 2.05) is 38.1 Å². The Balaban J connectivity index is 2.26. The second-order valence-electron chi connectivity index (χ2n) is 7.11. The van der Waals surface area contributed by atoms with Gasteiger partial charge in [0.1, 0.15) is 5.92 Å². The lowest BCUT2D eigenvalue weighted by Gasteiger charge is -2.35.